The van der Waals surface area contributed by atoms with Crippen molar-refractivity contribution in [2.45, 2.75) is 211 Å². The maximum absolute atomic E-state index is 14.7. The van der Waals surface area contributed by atoms with Crippen LogP contribution in [0, 0.1) is 50.2 Å². The van der Waals surface area contributed by atoms with Crippen molar-refractivity contribution in [2.24, 2.45) is 50.2 Å². The van der Waals surface area contributed by atoms with E-state index in [1.54, 1.807) is 6.92 Å². The van der Waals surface area contributed by atoms with Gasteiger partial charge in [-0.2, -0.15) is 0 Å². The van der Waals surface area contributed by atoms with E-state index in [0.29, 0.717) is 32.1 Å². The highest BCUT2D eigenvalue weighted by Gasteiger charge is 2.74. The van der Waals surface area contributed by atoms with Gasteiger partial charge in [0, 0.05) is 11.3 Å². The second-order valence-electron chi connectivity index (χ2n) is 23.7. The molecular formula is C48H78O19. The van der Waals surface area contributed by atoms with E-state index in [2.05, 4.69) is 40.7 Å². The number of ether oxygens (including phenoxy) is 6. The van der Waals surface area contributed by atoms with Crippen molar-refractivity contribution < 1.29 is 94.5 Å². The summed E-state index contributed by atoms with van der Waals surface area (Å²) in [6, 6.07) is 0. The quantitative estimate of drug-likeness (QED) is 0.0798. The predicted molar refractivity (Wildman–Crippen MR) is 232 cm³/mol. The molecule has 8 rings (SSSR count). The van der Waals surface area contributed by atoms with E-state index >= 15 is 0 Å². The van der Waals surface area contributed by atoms with Gasteiger partial charge >= 0.3 is 5.97 Å². The number of esters is 1. The van der Waals surface area contributed by atoms with Gasteiger partial charge in [-0.05, 0) is 98.7 Å². The van der Waals surface area contributed by atoms with Crippen LogP contribution in [-0.4, -0.2) is 191 Å². The van der Waals surface area contributed by atoms with E-state index < -0.39 is 156 Å². The largest absolute Gasteiger partial charge is 0.432 e. The van der Waals surface area contributed by atoms with Crippen molar-refractivity contribution in [1.82, 2.24) is 0 Å². The summed E-state index contributed by atoms with van der Waals surface area (Å²) in [5.74, 6) is -3.76. The number of fused-ring (bicyclic) bond motifs is 7. The van der Waals surface area contributed by atoms with E-state index in [9.17, 15) is 66.1 Å². The number of aliphatic hydroxyl groups is 12. The van der Waals surface area contributed by atoms with Crippen molar-refractivity contribution >= 4 is 5.97 Å². The summed E-state index contributed by atoms with van der Waals surface area (Å²) in [7, 11) is 0. The molecule has 0 aromatic heterocycles. The SMILES string of the molecule is C[C@@H]1O[C@](C)(O[C@H]2C[C@@]3(C)[C@@H]([C@H](O)C[C@]4(C)[C@@H]3CC=C3[C@@H]5CC(C)(C)CC[C@]5(C(=O)O[C@@H]5OC[C@H](O)[C@H](O)[C@H]5O)CC[C@]34C)[C@](C)(CO)[C@H]2O[C@@H]2O[C@H](CO)[C@@H](O)[C@H](O)[C@H]2O)[C@H](O)[C@H](O)[C@H]1O. The minimum atomic E-state index is -1.98. The fourth-order valence-corrected chi connectivity index (χ4v) is 15.3. The summed E-state index contributed by atoms with van der Waals surface area (Å²) < 4.78 is 36.9. The number of rotatable bonds is 8. The molecular weight excluding hydrogens is 881 g/mol. The summed E-state index contributed by atoms with van der Waals surface area (Å²) >= 11 is 0. The van der Waals surface area contributed by atoms with Gasteiger partial charge in [0.15, 0.2) is 12.1 Å². The zero-order valence-corrected chi connectivity index (χ0v) is 40.0. The minimum absolute atomic E-state index is 0.0988. The average molecular weight is 959 g/mol. The van der Waals surface area contributed by atoms with Crippen LogP contribution in [0.2, 0.25) is 0 Å². The maximum Gasteiger partial charge on any atom is 0.315 e. The molecule has 0 spiro atoms. The van der Waals surface area contributed by atoms with E-state index in [4.69, 9.17) is 28.4 Å². The molecule has 19 nitrogen and oxygen atoms in total. The first-order chi connectivity index (χ1) is 31.1. The van der Waals surface area contributed by atoms with Gasteiger partial charge in [0.25, 0.3) is 0 Å². The maximum atomic E-state index is 14.7. The Morgan fingerprint density at radius 1 is 0.746 bits per heavy atom. The molecule has 3 saturated heterocycles. The molecule has 0 aromatic carbocycles. The molecule has 0 amide bonds. The van der Waals surface area contributed by atoms with Crippen molar-refractivity contribution in [3.8, 4) is 0 Å². The predicted octanol–water partition coefficient (Wildman–Crippen LogP) is -0.889. The van der Waals surface area contributed by atoms with E-state index in [-0.39, 0.29) is 36.7 Å². The van der Waals surface area contributed by atoms with Crippen molar-refractivity contribution in [3.63, 3.8) is 0 Å². The molecule has 0 radical (unpaired) electrons. The Morgan fingerprint density at radius 3 is 2.06 bits per heavy atom. The van der Waals surface area contributed by atoms with E-state index in [1.165, 1.54) is 13.8 Å². The van der Waals surface area contributed by atoms with Crippen LogP contribution in [0.5, 0.6) is 0 Å². The first-order valence-electron chi connectivity index (χ1n) is 24.3. The van der Waals surface area contributed by atoms with Gasteiger partial charge < -0.3 is 89.7 Å². The lowest BCUT2D eigenvalue weighted by atomic mass is 9.33. The van der Waals surface area contributed by atoms with Gasteiger partial charge in [-0.3, -0.25) is 4.79 Å². The Balaban J connectivity index is 1.19. The van der Waals surface area contributed by atoms with Crippen LogP contribution >= 0.6 is 0 Å². The fourth-order valence-electron chi connectivity index (χ4n) is 15.3. The van der Waals surface area contributed by atoms with Crippen LogP contribution in [0.15, 0.2) is 11.6 Å². The highest BCUT2D eigenvalue weighted by atomic mass is 16.7. The topological polar surface area (TPSA) is 315 Å². The third-order valence-electron chi connectivity index (χ3n) is 19.3. The molecule has 0 unspecified atom stereocenters. The number of hydrogen-bond acceptors (Lipinski definition) is 19. The monoisotopic (exact) mass is 959 g/mol. The van der Waals surface area contributed by atoms with Gasteiger partial charge in [0.05, 0.1) is 49.7 Å². The van der Waals surface area contributed by atoms with Gasteiger partial charge in [-0.1, -0.05) is 53.2 Å². The summed E-state index contributed by atoms with van der Waals surface area (Å²) in [4.78, 5) is 14.7. The first kappa shape index (κ1) is 51.9. The van der Waals surface area contributed by atoms with Crippen LogP contribution in [0.3, 0.4) is 0 Å². The normalized spacial score (nSPS) is 56.4. The zero-order chi connectivity index (χ0) is 49.4. The second-order valence-corrected chi connectivity index (χ2v) is 23.7. The minimum Gasteiger partial charge on any atom is -0.432 e. The lowest BCUT2D eigenvalue weighted by Gasteiger charge is -2.73. The van der Waals surface area contributed by atoms with Gasteiger partial charge in [0.2, 0.25) is 6.29 Å². The molecule has 3 aliphatic heterocycles. The highest BCUT2D eigenvalue weighted by molar-refractivity contribution is 5.79. The molecule has 4 saturated carbocycles. The summed E-state index contributed by atoms with van der Waals surface area (Å²) in [5.41, 5.74) is -3.67. The summed E-state index contributed by atoms with van der Waals surface area (Å²) in [6.07, 6.45) is -17.9. The third kappa shape index (κ3) is 7.83. The van der Waals surface area contributed by atoms with Crippen molar-refractivity contribution in [2.75, 3.05) is 19.8 Å². The first-order valence-corrected chi connectivity index (χ1v) is 24.3. The lowest BCUT2D eigenvalue weighted by Crippen LogP contribution is -2.74. The summed E-state index contributed by atoms with van der Waals surface area (Å²) in [6.45, 7) is 13.8. The Kier molecular flexibility index (Phi) is 13.7. The molecule has 0 bridgehead atoms. The molecule has 25 atom stereocenters. The zero-order valence-electron chi connectivity index (χ0n) is 40.0. The van der Waals surface area contributed by atoms with Gasteiger partial charge in [-0.25, -0.2) is 0 Å². The molecule has 19 heteroatoms. The van der Waals surface area contributed by atoms with Crippen LogP contribution in [0.1, 0.15) is 107 Å². The average Bonchev–Trinajstić information content (AvgIpc) is 3.26. The van der Waals surface area contributed by atoms with Crippen LogP contribution in [0.25, 0.3) is 0 Å². The fraction of sp³-hybridized carbons (Fsp3) is 0.938. The molecule has 8 aliphatic rings. The number of hydrogen-bond donors (Lipinski definition) is 12. The number of aliphatic hydroxyl groups excluding tert-OH is 12. The molecule has 12 N–H and O–H groups in total. The van der Waals surface area contributed by atoms with Crippen LogP contribution in [0.4, 0.5) is 0 Å². The number of carbonyl (C=O) groups excluding carboxylic acids is 1. The Hall–Kier alpha value is -1.47. The highest BCUT2D eigenvalue weighted by Crippen LogP contribution is 2.76. The Bertz CT molecular complexity index is 1870. The Labute approximate surface area is 392 Å². The molecule has 0 aromatic rings. The molecule has 384 valence electrons. The van der Waals surface area contributed by atoms with Crippen LogP contribution < -0.4 is 0 Å². The second kappa shape index (κ2) is 17.6. The molecule has 3 heterocycles. The molecule has 5 aliphatic carbocycles. The van der Waals surface area contributed by atoms with Crippen molar-refractivity contribution in [3.05, 3.63) is 11.6 Å². The number of allylic oxidation sites excluding steroid dienone is 2. The third-order valence-corrected chi connectivity index (χ3v) is 19.3. The van der Waals surface area contributed by atoms with Crippen molar-refractivity contribution in [1.29, 1.82) is 0 Å². The molecule has 7 fully saturated rings. The van der Waals surface area contributed by atoms with E-state index in [1.807, 2.05) is 0 Å². The smallest absolute Gasteiger partial charge is 0.315 e. The number of carbonyl (C=O) groups is 1. The standard InChI is InChI=1S/C48H78O19/c1-21-29(53)33(57)37(60)47(8,66-21)67-26-17-43(4)28-10-9-22-23-15-42(2,3)11-13-48(23,41(61)65-39-34(58)30(54)25(52)19-62-39)14-12-45(22,6)46(28,7)16-24(51)36(43)44(5,20-50)38(26)64-40-35(59)32(56)31(55)27(18-49)63-40/h9,21,23-40,49-60H,10-20H2,1-8H3/t21-,23-,24+,25-,26-,27+,28+,29-,30-,31+,32-,33+,34+,35+,36+,37+,38-,39-,40-,43+,44-,45+,46+,47+,48-/m0/s1. The van der Waals surface area contributed by atoms with Crippen LogP contribution in [-0.2, 0) is 33.2 Å². The van der Waals surface area contributed by atoms with E-state index in [0.717, 1.165) is 12.0 Å². The van der Waals surface area contributed by atoms with Gasteiger partial charge in [-0.15, -0.1) is 0 Å². The molecule has 67 heavy (non-hydrogen) atoms. The lowest BCUT2D eigenvalue weighted by molar-refractivity contribution is -0.400. The summed E-state index contributed by atoms with van der Waals surface area (Å²) in [5, 5.41) is 132. The van der Waals surface area contributed by atoms with Gasteiger partial charge in [0.1, 0.15) is 61.0 Å². The Morgan fingerprint density at radius 2 is 1.40 bits per heavy atom.